The molecule has 1 unspecified atom stereocenters. The second-order valence-corrected chi connectivity index (χ2v) is 5.77. The van der Waals surface area contributed by atoms with Crippen LogP contribution >= 0.6 is 0 Å². The molecule has 0 saturated heterocycles. The van der Waals surface area contributed by atoms with Crippen molar-refractivity contribution in [2.24, 2.45) is 0 Å². The molecule has 0 heterocycles. The third kappa shape index (κ3) is 3.35. The van der Waals surface area contributed by atoms with Crippen molar-refractivity contribution in [2.45, 2.75) is 12.2 Å². The second-order valence-electron chi connectivity index (χ2n) is 3.77. The Kier molecular flexibility index (Phi) is 4.50. The molecule has 1 rings (SSSR count). The molecular formula is C10H12N2O7S. The fourth-order valence-corrected chi connectivity index (χ4v) is 2.17. The van der Waals surface area contributed by atoms with Crippen LogP contribution in [0.1, 0.15) is 6.92 Å². The van der Waals surface area contributed by atoms with Crippen molar-refractivity contribution < 1.29 is 28.0 Å². The van der Waals surface area contributed by atoms with Gasteiger partial charge in [-0.05, 0) is 13.0 Å². The average Bonchev–Trinajstić information content (AvgIpc) is 2.37. The Bertz CT molecular complexity index is 641. The van der Waals surface area contributed by atoms with Crippen molar-refractivity contribution in [3.63, 3.8) is 0 Å². The fourth-order valence-electron chi connectivity index (χ4n) is 1.25. The molecule has 0 amide bonds. The van der Waals surface area contributed by atoms with E-state index in [2.05, 4.69) is 0 Å². The van der Waals surface area contributed by atoms with E-state index >= 15 is 0 Å². The standard InChI is InChI=1S/C10H12N2O7S/c1-6(10(13)14)20(17,18)11-8-4-3-7(12(15)16)5-9(8)19-2/h3-6,11H,1-2H3,(H,13,14). The molecule has 0 aromatic heterocycles. The van der Waals surface area contributed by atoms with Gasteiger partial charge in [-0.25, -0.2) is 8.42 Å². The first kappa shape index (κ1) is 15.7. The summed E-state index contributed by atoms with van der Waals surface area (Å²) >= 11 is 0. The van der Waals surface area contributed by atoms with Crippen LogP contribution in [0.4, 0.5) is 11.4 Å². The molecule has 0 saturated carbocycles. The molecule has 0 aliphatic rings. The highest BCUT2D eigenvalue weighted by molar-refractivity contribution is 7.94. The first-order chi connectivity index (χ1) is 9.19. The van der Waals surface area contributed by atoms with Crippen LogP contribution in [0.5, 0.6) is 5.75 Å². The third-order valence-electron chi connectivity index (χ3n) is 2.46. The van der Waals surface area contributed by atoms with Crippen LogP contribution in [0.25, 0.3) is 0 Å². The number of nitrogens with zero attached hydrogens (tertiary/aromatic N) is 1. The summed E-state index contributed by atoms with van der Waals surface area (Å²) in [5.74, 6) is -1.60. The minimum absolute atomic E-state index is 0.0776. The monoisotopic (exact) mass is 304 g/mol. The van der Waals surface area contributed by atoms with E-state index in [9.17, 15) is 23.3 Å². The lowest BCUT2D eigenvalue weighted by Crippen LogP contribution is -2.32. The van der Waals surface area contributed by atoms with Crippen LogP contribution in [0.3, 0.4) is 0 Å². The second kappa shape index (κ2) is 5.74. The van der Waals surface area contributed by atoms with Crippen LogP contribution in [0, 0.1) is 10.1 Å². The number of hydrogen-bond acceptors (Lipinski definition) is 6. The Hall–Kier alpha value is -2.36. The number of nitrogens with one attached hydrogen (secondary N) is 1. The van der Waals surface area contributed by atoms with E-state index < -0.39 is 26.2 Å². The van der Waals surface area contributed by atoms with Gasteiger partial charge >= 0.3 is 5.97 Å². The Morgan fingerprint density at radius 3 is 2.55 bits per heavy atom. The van der Waals surface area contributed by atoms with Gasteiger partial charge in [0.2, 0.25) is 10.0 Å². The van der Waals surface area contributed by atoms with E-state index in [-0.39, 0.29) is 17.1 Å². The van der Waals surface area contributed by atoms with Crippen molar-refractivity contribution in [3.8, 4) is 5.75 Å². The quantitative estimate of drug-likeness (QED) is 0.586. The van der Waals surface area contributed by atoms with Gasteiger partial charge in [-0.3, -0.25) is 19.6 Å². The summed E-state index contributed by atoms with van der Waals surface area (Å²) < 4.78 is 30.4. The van der Waals surface area contributed by atoms with E-state index in [1.807, 2.05) is 4.72 Å². The lowest BCUT2D eigenvalue weighted by Gasteiger charge is -2.13. The SMILES string of the molecule is COc1cc([N+](=O)[O-])ccc1NS(=O)(=O)C(C)C(=O)O. The number of non-ortho nitro benzene ring substituents is 1. The predicted molar refractivity (Wildman–Crippen MR) is 69.3 cm³/mol. The van der Waals surface area contributed by atoms with Gasteiger partial charge in [0.15, 0.2) is 5.25 Å². The van der Waals surface area contributed by atoms with Crippen molar-refractivity contribution in [1.29, 1.82) is 0 Å². The molecule has 0 fully saturated rings. The van der Waals surface area contributed by atoms with Crippen LogP contribution in [0.2, 0.25) is 0 Å². The summed E-state index contributed by atoms with van der Waals surface area (Å²) in [6.07, 6.45) is 0. The molecule has 1 aromatic rings. The molecule has 0 bridgehead atoms. The van der Waals surface area contributed by atoms with Crippen LogP contribution < -0.4 is 9.46 Å². The van der Waals surface area contributed by atoms with Gasteiger partial charge in [0.1, 0.15) is 5.75 Å². The molecule has 0 spiro atoms. The molecule has 10 heteroatoms. The fraction of sp³-hybridized carbons (Fsp3) is 0.300. The third-order valence-corrected chi connectivity index (χ3v) is 4.10. The summed E-state index contributed by atoms with van der Waals surface area (Å²) in [6, 6.07) is 3.23. The number of hydrogen-bond donors (Lipinski definition) is 2. The number of rotatable bonds is 6. The highest BCUT2D eigenvalue weighted by Gasteiger charge is 2.28. The van der Waals surface area contributed by atoms with Crippen LogP contribution in [-0.4, -0.2) is 36.8 Å². The Morgan fingerprint density at radius 2 is 2.10 bits per heavy atom. The van der Waals surface area contributed by atoms with Gasteiger partial charge in [-0.2, -0.15) is 0 Å². The first-order valence-electron chi connectivity index (χ1n) is 5.26. The zero-order valence-corrected chi connectivity index (χ0v) is 11.4. The normalized spacial score (nSPS) is 12.5. The number of methoxy groups -OCH3 is 1. The van der Waals surface area contributed by atoms with Gasteiger partial charge in [-0.1, -0.05) is 0 Å². The van der Waals surface area contributed by atoms with Crippen LogP contribution in [0.15, 0.2) is 18.2 Å². The molecule has 20 heavy (non-hydrogen) atoms. The number of carbonyl (C=O) groups is 1. The number of carboxylic acid groups (broad SMARTS) is 1. The lowest BCUT2D eigenvalue weighted by atomic mass is 10.2. The predicted octanol–water partition coefficient (Wildman–Crippen LogP) is 0.818. The summed E-state index contributed by atoms with van der Waals surface area (Å²) in [5.41, 5.74) is -0.359. The summed E-state index contributed by atoms with van der Waals surface area (Å²) in [5, 5.41) is 17.6. The topological polar surface area (TPSA) is 136 Å². The van der Waals surface area contributed by atoms with Crippen LogP contribution in [-0.2, 0) is 14.8 Å². The summed E-state index contributed by atoms with van der Waals surface area (Å²) in [4.78, 5) is 20.6. The van der Waals surface area contributed by atoms with Gasteiger partial charge in [0.25, 0.3) is 5.69 Å². The number of benzene rings is 1. The maximum Gasteiger partial charge on any atom is 0.323 e. The molecule has 0 aliphatic carbocycles. The Balaban J connectivity index is 3.16. The highest BCUT2D eigenvalue weighted by atomic mass is 32.2. The molecular weight excluding hydrogens is 292 g/mol. The molecule has 110 valence electrons. The van der Waals surface area contributed by atoms with Gasteiger partial charge in [-0.15, -0.1) is 0 Å². The smallest absolute Gasteiger partial charge is 0.323 e. The number of ether oxygens (including phenoxy) is 1. The number of sulfonamides is 1. The Labute approximate surface area is 114 Å². The number of carboxylic acids is 1. The largest absolute Gasteiger partial charge is 0.494 e. The molecule has 1 aromatic carbocycles. The van der Waals surface area contributed by atoms with Crippen molar-refractivity contribution in [2.75, 3.05) is 11.8 Å². The Morgan fingerprint density at radius 1 is 1.50 bits per heavy atom. The van der Waals surface area contributed by atoms with Crippen molar-refractivity contribution >= 4 is 27.4 Å². The van der Waals surface area contributed by atoms with Crippen molar-refractivity contribution in [1.82, 2.24) is 0 Å². The van der Waals surface area contributed by atoms with Crippen molar-refractivity contribution in [3.05, 3.63) is 28.3 Å². The van der Waals surface area contributed by atoms with E-state index in [4.69, 9.17) is 9.84 Å². The van der Waals surface area contributed by atoms with E-state index in [0.29, 0.717) is 0 Å². The molecule has 0 aliphatic heterocycles. The first-order valence-corrected chi connectivity index (χ1v) is 6.80. The molecule has 0 radical (unpaired) electrons. The average molecular weight is 304 g/mol. The van der Waals surface area contributed by atoms with Gasteiger partial charge in [0.05, 0.1) is 23.8 Å². The van der Waals surface area contributed by atoms with Gasteiger partial charge in [0, 0.05) is 6.07 Å². The highest BCUT2D eigenvalue weighted by Crippen LogP contribution is 2.30. The zero-order chi connectivity index (χ0) is 15.5. The maximum absolute atomic E-state index is 11.7. The minimum atomic E-state index is -4.18. The summed E-state index contributed by atoms with van der Waals surface area (Å²) in [6.45, 7) is 1.00. The number of aliphatic carboxylic acids is 1. The number of anilines is 1. The number of nitro groups is 1. The van der Waals surface area contributed by atoms with Gasteiger partial charge < -0.3 is 9.84 Å². The zero-order valence-electron chi connectivity index (χ0n) is 10.6. The molecule has 9 nitrogen and oxygen atoms in total. The van der Waals surface area contributed by atoms with E-state index in [1.165, 1.54) is 7.11 Å². The molecule has 2 N–H and O–H groups in total. The number of nitro benzene ring substituents is 1. The minimum Gasteiger partial charge on any atom is -0.494 e. The molecule has 1 atom stereocenters. The lowest BCUT2D eigenvalue weighted by molar-refractivity contribution is -0.384. The van der Waals surface area contributed by atoms with E-state index in [0.717, 1.165) is 25.1 Å². The summed E-state index contributed by atoms with van der Waals surface area (Å²) in [7, 11) is -2.97. The van der Waals surface area contributed by atoms with E-state index in [1.54, 1.807) is 0 Å². The maximum atomic E-state index is 11.7.